The first-order valence-electron chi connectivity index (χ1n) is 8.49. The van der Waals surface area contributed by atoms with Crippen LogP contribution in [0.1, 0.15) is 24.1 Å². The maximum atomic E-state index is 12.1. The molecule has 1 saturated carbocycles. The van der Waals surface area contributed by atoms with Crippen molar-refractivity contribution in [2.24, 2.45) is 5.92 Å². The van der Waals surface area contributed by atoms with Crippen molar-refractivity contribution in [2.75, 3.05) is 0 Å². The van der Waals surface area contributed by atoms with Crippen LogP contribution in [0.15, 0.2) is 36.5 Å². The fourth-order valence-electron chi connectivity index (χ4n) is 3.54. The third-order valence-electron chi connectivity index (χ3n) is 4.95. The van der Waals surface area contributed by atoms with E-state index in [2.05, 4.69) is 10.6 Å². The number of aromatic nitrogens is 2. The number of nitrogens with zero attached hydrogens (tertiary/aromatic N) is 3. The largest absolute Gasteiger partial charge is 0.424 e. The number of carbonyl (C=O) groups is 1. The van der Waals surface area contributed by atoms with Gasteiger partial charge in [-0.05, 0) is 25.0 Å². The Morgan fingerprint density at radius 2 is 2.12 bits per heavy atom. The highest BCUT2D eigenvalue weighted by atomic mass is 16.5. The summed E-state index contributed by atoms with van der Waals surface area (Å²) in [5, 5.41) is 10.7. The van der Waals surface area contributed by atoms with Crippen LogP contribution in [0, 0.1) is 17.2 Å². The molecule has 5 rings (SSSR count). The van der Waals surface area contributed by atoms with Gasteiger partial charge in [-0.3, -0.25) is 9.78 Å². The molecule has 0 amide bonds. The molecule has 0 unspecified atom stereocenters. The number of rotatable bonds is 2. The van der Waals surface area contributed by atoms with E-state index in [1.54, 1.807) is 0 Å². The number of fused-ring (bicyclic) bond motifs is 4. The minimum absolute atomic E-state index is 0.0313. The highest BCUT2D eigenvalue weighted by Gasteiger charge is 2.34. The van der Waals surface area contributed by atoms with Gasteiger partial charge in [0.05, 0.1) is 28.4 Å². The van der Waals surface area contributed by atoms with Crippen LogP contribution >= 0.6 is 0 Å². The van der Waals surface area contributed by atoms with E-state index in [4.69, 9.17) is 9.72 Å². The first kappa shape index (κ1) is 14.2. The Balaban J connectivity index is 1.74. The molecule has 5 heteroatoms. The van der Waals surface area contributed by atoms with Gasteiger partial charge in [0.15, 0.2) is 5.75 Å². The highest BCUT2D eigenvalue weighted by Crippen LogP contribution is 2.42. The van der Waals surface area contributed by atoms with Gasteiger partial charge >= 0.3 is 5.97 Å². The maximum Gasteiger partial charge on any atom is 0.314 e. The second-order valence-electron chi connectivity index (χ2n) is 6.60. The van der Waals surface area contributed by atoms with Gasteiger partial charge in [-0.15, -0.1) is 0 Å². The van der Waals surface area contributed by atoms with Gasteiger partial charge in [-0.1, -0.05) is 18.2 Å². The Labute approximate surface area is 144 Å². The van der Waals surface area contributed by atoms with Crippen LogP contribution in [-0.2, 0) is 17.8 Å². The van der Waals surface area contributed by atoms with Gasteiger partial charge in [0.1, 0.15) is 6.07 Å². The second-order valence-corrected chi connectivity index (χ2v) is 6.60. The van der Waals surface area contributed by atoms with Crippen molar-refractivity contribution < 1.29 is 9.53 Å². The molecular formula is C20H15N3O2. The van der Waals surface area contributed by atoms with E-state index in [-0.39, 0.29) is 11.9 Å². The van der Waals surface area contributed by atoms with Gasteiger partial charge in [-0.25, -0.2) is 0 Å². The zero-order chi connectivity index (χ0) is 17.0. The van der Waals surface area contributed by atoms with Gasteiger partial charge in [-0.2, -0.15) is 5.26 Å². The van der Waals surface area contributed by atoms with Gasteiger partial charge in [0.25, 0.3) is 0 Å². The van der Waals surface area contributed by atoms with Gasteiger partial charge in [0, 0.05) is 30.1 Å². The van der Waals surface area contributed by atoms with Crippen LogP contribution in [0.5, 0.6) is 5.75 Å². The normalized spacial score (nSPS) is 15.3. The minimum atomic E-state index is -0.173. The Morgan fingerprint density at radius 1 is 1.28 bits per heavy atom. The monoisotopic (exact) mass is 329 g/mol. The van der Waals surface area contributed by atoms with Crippen LogP contribution in [0.3, 0.4) is 0 Å². The van der Waals surface area contributed by atoms with Crippen molar-refractivity contribution in [1.82, 2.24) is 9.55 Å². The minimum Gasteiger partial charge on any atom is -0.424 e. The first-order chi connectivity index (χ1) is 12.3. The lowest BCUT2D eigenvalue weighted by atomic mass is 9.95. The van der Waals surface area contributed by atoms with E-state index >= 15 is 0 Å². The summed E-state index contributed by atoms with van der Waals surface area (Å²) in [6.07, 6.45) is 4.48. The Hall–Kier alpha value is -3.13. The summed E-state index contributed by atoms with van der Waals surface area (Å²) in [4.78, 5) is 16.9. The predicted octanol–water partition coefficient (Wildman–Crippen LogP) is 3.45. The molecule has 3 heterocycles. The average Bonchev–Trinajstić information content (AvgIpc) is 3.41. The Bertz CT molecular complexity index is 1070. The van der Waals surface area contributed by atoms with E-state index in [9.17, 15) is 10.1 Å². The zero-order valence-corrected chi connectivity index (χ0v) is 13.5. The van der Waals surface area contributed by atoms with Crippen molar-refractivity contribution in [2.45, 2.75) is 25.8 Å². The summed E-state index contributed by atoms with van der Waals surface area (Å²) in [5.74, 6) is 0.392. The summed E-state index contributed by atoms with van der Waals surface area (Å²) < 4.78 is 7.70. The molecule has 1 aliphatic heterocycles. The summed E-state index contributed by atoms with van der Waals surface area (Å²) in [7, 11) is 0. The van der Waals surface area contributed by atoms with Crippen LogP contribution in [0.25, 0.3) is 22.2 Å². The molecule has 2 aromatic heterocycles. The summed E-state index contributed by atoms with van der Waals surface area (Å²) in [6, 6.07) is 11.9. The van der Waals surface area contributed by atoms with Crippen LogP contribution in [-0.4, -0.2) is 15.5 Å². The maximum absolute atomic E-state index is 12.1. The smallest absolute Gasteiger partial charge is 0.314 e. The lowest BCUT2D eigenvalue weighted by molar-refractivity contribution is -0.135. The molecular weight excluding hydrogens is 314 g/mol. The molecule has 2 aliphatic rings. The van der Waals surface area contributed by atoms with Gasteiger partial charge in [0.2, 0.25) is 0 Å². The zero-order valence-electron chi connectivity index (χ0n) is 13.5. The molecule has 5 nitrogen and oxygen atoms in total. The van der Waals surface area contributed by atoms with E-state index in [0.29, 0.717) is 11.3 Å². The summed E-state index contributed by atoms with van der Waals surface area (Å²) in [5.41, 5.74) is 3.92. The number of esters is 1. The molecule has 25 heavy (non-hydrogen) atoms. The highest BCUT2D eigenvalue weighted by molar-refractivity contribution is 5.94. The molecule has 1 fully saturated rings. The van der Waals surface area contributed by atoms with E-state index in [1.807, 2.05) is 36.5 Å². The predicted molar refractivity (Wildman–Crippen MR) is 91.9 cm³/mol. The van der Waals surface area contributed by atoms with Crippen molar-refractivity contribution in [3.05, 3.63) is 47.8 Å². The van der Waals surface area contributed by atoms with Crippen LogP contribution < -0.4 is 4.74 Å². The molecule has 0 saturated heterocycles. The van der Waals surface area contributed by atoms with E-state index in [0.717, 1.165) is 53.7 Å². The molecule has 3 aromatic rings. The number of carbonyl (C=O) groups excluding carboxylic acids is 1. The third kappa shape index (κ3) is 2.14. The lowest BCUT2D eigenvalue weighted by Gasteiger charge is -2.21. The van der Waals surface area contributed by atoms with Crippen LogP contribution in [0.2, 0.25) is 0 Å². The fourth-order valence-corrected chi connectivity index (χ4v) is 3.54. The SMILES string of the molecule is N#Cc1c2c(nc3ccccc13)CCn1ccc(OC(=O)C3CC3)c1-2. The van der Waals surface area contributed by atoms with Gasteiger partial charge < -0.3 is 9.30 Å². The molecule has 0 atom stereocenters. The number of para-hydroxylation sites is 1. The Morgan fingerprint density at radius 3 is 2.92 bits per heavy atom. The molecule has 0 N–H and O–H groups in total. The first-order valence-corrected chi connectivity index (χ1v) is 8.49. The third-order valence-corrected chi connectivity index (χ3v) is 4.95. The number of nitriles is 1. The number of aryl methyl sites for hydroxylation is 2. The fraction of sp³-hybridized carbons (Fsp3) is 0.250. The molecule has 0 bridgehead atoms. The topological polar surface area (TPSA) is 67.9 Å². The summed E-state index contributed by atoms with van der Waals surface area (Å²) in [6.45, 7) is 0.763. The van der Waals surface area contributed by atoms with E-state index < -0.39 is 0 Å². The molecule has 1 aliphatic carbocycles. The van der Waals surface area contributed by atoms with Crippen molar-refractivity contribution >= 4 is 16.9 Å². The average molecular weight is 329 g/mol. The molecule has 122 valence electrons. The second kappa shape index (κ2) is 5.18. The number of ether oxygens (including phenoxy) is 1. The Kier molecular flexibility index (Phi) is 2.95. The molecule has 0 radical (unpaired) electrons. The van der Waals surface area contributed by atoms with Crippen LogP contribution in [0.4, 0.5) is 0 Å². The van der Waals surface area contributed by atoms with Crippen molar-refractivity contribution in [3.8, 4) is 23.1 Å². The standard InChI is InChI=1S/C20H15N3O2/c21-11-14-13-3-1-2-4-15(13)22-16-7-9-23-10-8-17(19(23)18(14)16)25-20(24)12-5-6-12/h1-4,8,10,12H,5-7,9H2. The van der Waals surface area contributed by atoms with E-state index in [1.165, 1.54) is 0 Å². The molecule has 1 aromatic carbocycles. The number of pyridine rings is 1. The molecule has 0 spiro atoms. The van der Waals surface area contributed by atoms with Crippen molar-refractivity contribution in [1.29, 1.82) is 5.26 Å². The number of benzene rings is 1. The summed E-state index contributed by atoms with van der Waals surface area (Å²) >= 11 is 0. The number of hydrogen-bond acceptors (Lipinski definition) is 4. The number of hydrogen-bond donors (Lipinski definition) is 0. The van der Waals surface area contributed by atoms with Crippen molar-refractivity contribution in [3.63, 3.8) is 0 Å². The lowest BCUT2D eigenvalue weighted by Crippen LogP contribution is -2.15. The quantitative estimate of drug-likeness (QED) is 0.675.